The molecule has 108 valence electrons. The largest absolute Gasteiger partial charge is 0.490 e. The maximum Gasteiger partial charge on any atom is 0.163 e. The molecule has 0 unspecified atom stereocenters. The molecule has 0 aliphatic heterocycles. The van der Waals surface area contributed by atoms with Gasteiger partial charge in [0, 0.05) is 37.1 Å². The average molecular weight is 275 g/mol. The zero-order valence-electron chi connectivity index (χ0n) is 12.2. The lowest BCUT2D eigenvalue weighted by Crippen LogP contribution is -2.02. The molecule has 0 spiro atoms. The van der Waals surface area contributed by atoms with Crippen LogP contribution in [-0.4, -0.2) is 23.0 Å². The molecule has 0 fully saturated rings. The molecular formula is C15H21N3O2. The summed E-state index contributed by atoms with van der Waals surface area (Å²) in [4.78, 5) is 0. The molecule has 1 N–H and O–H groups in total. The zero-order chi connectivity index (χ0) is 14.4. The molecule has 0 radical (unpaired) electrons. The molecule has 0 bridgehead atoms. The fourth-order valence-electron chi connectivity index (χ4n) is 1.93. The van der Waals surface area contributed by atoms with Crippen LogP contribution < -0.4 is 14.8 Å². The van der Waals surface area contributed by atoms with Gasteiger partial charge in [-0.15, -0.1) is 0 Å². The normalized spacial score (nSPS) is 10.3. The Hall–Kier alpha value is -2.17. The Morgan fingerprint density at radius 3 is 2.55 bits per heavy atom. The lowest BCUT2D eigenvalue weighted by Gasteiger charge is -2.13. The Morgan fingerprint density at radius 2 is 1.90 bits per heavy atom. The van der Waals surface area contributed by atoms with E-state index in [1.807, 2.05) is 51.5 Å². The highest BCUT2D eigenvalue weighted by Crippen LogP contribution is 2.30. The summed E-state index contributed by atoms with van der Waals surface area (Å²) in [5.74, 6) is 1.55. The Morgan fingerprint density at radius 1 is 1.15 bits per heavy atom. The van der Waals surface area contributed by atoms with Gasteiger partial charge in [-0.05, 0) is 26.0 Å². The second kappa shape index (κ2) is 6.84. The van der Waals surface area contributed by atoms with Crippen LogP contribution in [0.15, 0.2) is 30.6 Å². The monoisotopic (exact) mass is 275 g/mol. The number of nitrogens with one attached hydrogen (secondary N) is 1. The molecule has 0 amide bonds. The first kappa shape index (κ1) is 14.2. The van der Waals surface area contributed by atoms with Gasteiger partial charge in [0.25, 0.3) is 0 Å². The average Bonchev–Trinajstić information content (AvgIpc) is 2.85. The number of benzene rings is 1. The molecular weight excluding hydrogens is 254 g/mol. The fourth-order valence-corrected chi connectivity index (χ4v) is 1.93. The van der Waals surface area contributed by atoms with Gasteiger partial charge in [-0.2, -0.15) is 5.10 Å². The Kier molecular flexibility index (Phi) is 4.87. The van der Waals surface area contributed by atoms with Gasteiger partial charge in [-0.3, -0.25) is 4.68 Å². The van der Waals surface area contributed by atoms with Crippen LogP contribution >= 0.6 is 0 Å². The predicted molar refractivity (Wildman–Crippen MR) is 79.3 cm³/mol. The summed E-state index contributed by atoms with van der Waals surface area (Å²) in [6, 6.07) is 5.88. The van der Waals surface area contributed by atoms with E-state index in [1.54, 1.807) is 4.68 Å². The van der Waals surface area contributed by atoms with Crippen LogP contribution in [0.4, 0.5) is 5.69 Å². The van der Waals surface area contributed by atoms with Crippen molar-refractivity contribution in [3.8, 4) is 11.5 Å². The minimum atomic E-state index is 0.617. The minimum Gasteiger partial charge on any atom is -0.490 e. The summed E-state index contributed by atoms with van der Waals surface area (Å²) in [7, 11) is 1.91. The van der Waals surface area contributed by atoms with Crippen LogP contribution in [0.5, 0.6) is 11.5 Å². The lowest BCUT2D eigenvalue weighted by molar-refractivity contribution is 0.288. The summed E-state index contributed by atoms with van der Waals surface area (Å²) in [6.07, 6.45) is 3.84. The van der Waals surface area contributed by atoms with E-state index in [4.69, 9.17) is 9.47 Å². The minimum absolute atomic E-state index is 0.617. The van der Waals surface area contributed by atoms with Crippen LogP contribution in [0.25, 0.3) is 0 Å². The topological polar surface area (TPSA) is 48.3 Å². The molecule has 0 saturated heterocycles. The molecule has 0 aliphatic rings. The molecule has 5 heteroatoms. The van der Waals surface area contributed by atoms with Gasteiger partial charge in [0.05, 0.1) is 19.4 Å². The SMILES string of the molecule is CCOc1ccc(NCc2cnn(C)c2)cc1OCC. The van der Waals surface area contributed by atoms with Crippen molar-refractivity contribution in [1.29, 1.82) is 0 Å². The number of aromatic nitrogens is 2. The Bertz CT molecular complexity index is 552. The summed E-state index contributed by atoms with van der Waals surface area (Å²) in [5.41, 5.74) is 2.14. The van der Waals surface area contributed by atoms with E-state index in [2.05, 4.69) is 10.4 Å². The highest BCUT2D eigenvalue weighted by molar-refractivity contribution is 5.55. The predicted octanol–water partition coefficient (Wildman–Crippen LogP) is 2.83. The van der Waals surface area contributed by atoms with E-state index in [-0.39, 0.29) is 0 Å². The van der Waals surface area contributed by atoms with Crippen LogP contribution in [0, 0.1) is 0 Å². The van der Waals surface area contributed by atoms with Crippen LogP contribution in [0.3, 0.4) is 0 Å². The van der Waals surface area contributed by atoms with E-state index in [0.29, 0.717) is 13.2 Å². The maximum atomic E-state index is 5.60. The summed E-state index contributed by atoms with van der Waals surface area (Å²) < 4.78 is 12.9. The van der Waals surface area contributed by atoms with Crippen LogP contribution in [0.1, 0.15) is 19.4 Å². The molecule has 0 atom stereocenters. The summed E-state index contributed by atoms with van der Waals surface area (Å²) in [6.45, 7) is 5.90. The van der Waals surface area contributed by atoms with Crippen molar-refractivity contribution >= 4 is 5.69 Å². The molecule has 2 rings (SSSR count). The number of aryl methyl sites for hydroxylation is 1. The number of rotatable bonds is 7. The fraction of sp³-hybridized carbons (Fsp3) is 0.400. The first-order chi connectivity index (χ1) is 9.72. The van der Waals surface area contributed by atoms with E-state index in [1.165, 1.54) is 0 Å². The molecule has 0 saturated carbocycles. The summed E-state index contributed by atoms with van der Waals surface area (Å²) in [5, 5.41) is 7.50. The van der Waals surface area contributed by atoms with E-state index in [0.717, 1.165) is 29.3 Å². The van der Waals surface area contributed by atoms with Gasteiger partial charge in [-0.25, -0.2) is 0 Å². The number of hydrogen-bond acceptors (Lipinski definition) is 4. The van der Waals surface area contributed by atoms with Gasteiger partial charge < -0.3 is 14.8 Å². The molecule has 1 aromatic carbocycles. The number of nitrogens with zero attached hydrogens (tertiary/aromatic N) is 2. The smallest absolute Gasteiger partial charge is 0.163 e. The second-order valence-electron chi connectivity index (χ2n) is 4.40. The maximum absolute atomic E-state index is 5.60. The lowest BCUT2D eigenvalue weighted by atomic mass is 10.2. The van der Waals surface area contributed by atoms with E-state index < -0.39 is 0 Å². The highest BCUT2D eigenvalue weighted by Gasteiger charge is 2.06. The van der Waals surface area contributed by atoms with Crippen molar-refractivity contribution in [3.63, 3.8) is 0 Å². The standard InChI is InChI=1S/C15H21N3O2/c1-4-19-14-7-6-13(8-15(14)20-5-2)16-9-12-10-17-18(3)11-12/h6-8,10-11,16H,4-5,9H2,1-3H3. The highest BCUT2D eigenvalue weighted by atomic mass is 16.5. The van der Waals surface area contributed by atoms with Crippen molar-refractivity contribution in [2.45, 2.75) is 20.4 Å². The summed E-state index contributed by atoms with van der Waals surface area (Å²) >= 11 is 0. The molecule has 20 heavy (non-hydrogen) atoms. The molecule has 2 aromatic rings. The second-order valence-corrected chi connectivity index (χ2v) is 4.40. The Balaban J connectivity index is 2.05. The third-order valence-electron chi connectivity index (χ3n) is 2.80. The zero-order valence-corrected chi connectivity index (χ0v) is 12.2. The van der Waals surface area contributed by atoms with Crippen LogP contribution in [-0.2, 0) is 13.6 Å². The number of anilines is 1. The van der Waals surface area contributed by atoms with Gasteiger partial charge in [0.15, 0.2) is 11.5 Å². The number of ether oxygens (including phenoxy) is 2. The Labute approximate surface area is 119 Å². The van der Waals surface area contributed by atoms with Gasteiger partial charge >= 0.3 is 0 Å². The molecule has 0 aliphatic carbocycles. The third-order valence-corrected chi connectivity index (χ3v) is 2.80. The van der Waals surface area contributed by atoms with Gasteiger partial charge in [-0.1, -0.05) is 0 Å². The van der Waals surface area contributed by atoms with Crippen molar-refractivity contribution in [2.75, 3.05) is 18.5 Å². The van der Waals surface area contributed by atoms with Gasteiger partial charge in [0.2, 0.25) is 0 Å². The van der Waals surface area contributed by atoms with Crippen molar-refractivity contribution in [1.82, 2.24) is 9.78 Å². The van der Waals surface area contributed by atoms with Gasteiger partial charge in [0.1, 0.15) is 0 Å². The third kappa shape index (κ3) is 3.66. The first-order valence-corrected chi connectivity index (χ1v) is 6.84. The van der Waals surface area contributed by atoms with Crippen molar-refractivity contribution in [3.05, 3.63) is 36.2 Å². The van der Waals surface area contributed by atoms with E-state index >= 15 is 0 Å². The quantitative estimate of drug-likeness (QED) is 0.844. The molecule has 5 nitrogen and oxygen atoms in total. The number of hydrogen-bond donors (Lipinski definition) is 1. The van der Waals surface area contributed by atoms with Crippen molar-refractivity contribution in [2.24, 2.45) is 7.05 Å². The van der Waals surface area contributed by atoms with E-state index in [9.17, 15) is 0 Å². The van der Waals surface area contributed by atoms with Crippen LogP contribution in [0.2, 0.25) is 0 Å². The molecule has 1 heterocycles. The van der Waals surface area contributed by atoms with Crippen molar-refractivity contribution < 1.29 is 9.47 Å². The first-order valence-electron chi connectivity index (χ1n) is 6.84. The molecule has 1 aromatic heterocycles.